The van der Waals surface area contributed by atoms with Crippen LogP contribution in [0.3, 0.4) is 0 Å². The molecule has 1 heterocycles. The molecule has 0 saturated carbocycles. The van der Waals surface area contributed by atoms with E-state index in [0.717, 1.165) is 16.7 Å². The highest BCUT2D eigenvalue weighted by Gasteiger charge is 2.16. The van der Waals surface area contributed by atoms with Gasteiger partial charge in [-0.1, -0.05) is 59.7 Å². The standard InChI is InChI=1S/C18H16N2O/c1-12-3-7-14(8-4-12)16-11-19-20-17(16)18(21)15-9-5-13(2)6-10-15/h3-11H,1-2H3,(H,19,20). The molecule has 0 fully saturated rings. The number of nitrogens with one attached hydrogen (secondary N) is 1. The van der Waals surface area contributed by atoms with Gasteiger partial charge in [-0.05, 0) is 19.4 Å². The number of H-pyrrole nitrogens is 1. The summed E-state index contributed by atoms with van der Waals surface area (Å²) in [7, 11) is 0. The fourth-order valence-corrected chi connectivity index (χ4v) is 2.26. The molecule has 0 amide bonds. The van der Waals surface area contributed by atoms with Gasteiger partial charge >= 0.3 is 0 Å². The van der Waals surface area contributed by atoms with E-state index < -0.39 is 0 Å². The van der Waals surface area contributed by atoms with Gasteiger partial charge in [-0.15, -0.1) is 0 Å². The van der Waals surface area contributed by atoms with Gasteiger partial charge in [-0.25, -0.2) is 0 Å². The highest BCUT2D eigenvalue weighted by molar-refractivity contribution is 6.11. The van der Waals surface area contributed by atoms with E-state index in [-0.39, 0.29) is 5.78 Å². The Balaban J connectivity index is 2.00. The number of benzene rings is 2. The molecule has 0 aliphatic heterocycles. The molecule has 2 aromatic carbocycles. The van der Waals surface area contributed by atoms with E-state index in [2.05, 4.69) is 10.2 Å². The Morgan fingerprint density at radius 2 is 1.48 bits per heavy atom. The zero-order chi connectivity index (χ0) is 14.8. The average molecular weight is 276 g/mol. The third kappa shape index (κ3) is 2.63. The first-order chi connectivity index (χ1) is 10.1. The fraction of sp³-hybridized carbons (Fsp3) is 0.111. The molecule has 0 bridgehead atoms. The van der Waals surface area contributed by atoms with Crippen LogP contribution in [0.4, 0.5) is 0 Å². The summed E-state index contributed by atoms with van der Waals surface area (Å²) in [4.78, 5) is 12.6. The van der Waals surface area contributed by atoms with Crippen molar-refractivity contribution in [3.05, 3.63) is 77.1 Å². The highest BCUT2D eigenvalue weighted by atomic mass is 16.1. The largest absolute Gasteiger partial charge is 0.287 e. The van der Waals surface area contributed by atoms with Crippen LogP contribution in [-0.4, -0.2) is 16.0 Å². The molecule has 3 nitrogen and oxygen atoms in total. The van der Waals surface area contributed by atoms with Crippen LogP contribution in [0, 0.1) is 13.8 Å². The van der Waals surface area contributed by atoms with Crippen LogP contribution in [-0.2, 0) is 0 Å². The van der Waals surface area contributed by atoms with Crippen molar-refractivity contribution in [3.8, 4) is 11.1 Å². The number of hydrogen-bond donors (Lipinski definition) is 1. The summed E-state index contributed by atoms with van der Waals surface area (Å²) < 4.78 is 0. The second-order valence-corrected chi connectivity index (χ2v) is 5.22. The number of aromatic amines is 1. The maximum absolute atomic E-state index is 12.6. The topological polar surface area (TPSA) is 45.8 Å². The lowest BCUT2D eigenvalue weighted by Crippen LogP contribution is -2.03. The van der Waals surface area contributed by atoms with Crippen molar-refractivity contribution in [2.24, 2.45) is 0 Å². The van der Waals surface area contributed by atoms with Crippen molar-refractivity contribution in [1.82, 2.24) is 10.2 Å². The summed E-state index contributed by atoms with van der Waals surface area (Å²) in [5, 5.41) is 6.87. The number of carbonyl (C=O) groups is 1. The second kappa shape index (κ2) is 5.37. The summed E-state index contributed by atoms with van der Waals surface area (Å²) in [5.41, 5.74) is 5.34. The summed E-state index contributed by atoms with van der Waals surface area (Å²) in [6.45, 7) is 4.04. The minimum absolute atomic E-state index is 0.0388. The number of aromatic nitrogens is 2. The van der Waals surface area contributed by atoms with Gasteiger partial charge in [0, 0.05) is 11.1 Å². The number of carbonyl (C=O) groups excluding carboxylic acids is 1. The van der Waals surface area contributed by atoms with Crippen LogP contribution in [0.5, 0.6) is 0 Å². The molecule has 0 aliphatic carbocycles. The van der Waals surface area contributed by atoms with Gasteiger partial charge in [-0.2, -0.15) is 5.10 Å². The van der Waals surface area contributed by atoms with E-state index in [9.17, 15) is 4.79 Å². The molecular formula is C18H16N2O. The molecule has 3 rings (SSSR count). The van der Waals surface area contributed by atoms with Crippen molar-refractivity contribution in [2.75, 3.05) is 0 Å². The minimum Gasteiger partial charge on any atom is -0.287 e. The van der Waals surface area contributed by atoms with E-state index in [4.69, 9.17) is 0 Å². The first-order valence-electron chi connectivity index (χ1n) is 6.87. The molecule has 104 valence electrons. The molecule has 21 heavy (non-hydrogen) atoms. The molecule has 0 spiro atoms. The zero-order valence-corrected chi connectivity index (χ0v) is 12.1. The smallest absolute Gasteiger partial charge is 0.211 e. The van der Waals surface area contributed by atoms with Crippen LogP contribution in [0.15, 0.2) is 54.7 Å². The van der Waals surface area contributed by atoms with Gasteiger partial charge in [0.1, 0.15) is 5.69 Å². The van der Waals surface area contributed by atoms with E-state index in [1.165, 1.54) is 5.56 Å². The second-order valence-electron chi connectivity index (χ2n) is 5.22. The van der Waals surface area contributed by atoms with Gasteiger partial charge in [0.15, 0.2) is 0 Å². The van der Waals surface area contributed by atoms with Crippen molar-refractivity contribution in [3.63, 3.8) is 0 Å². The normalized spacial score (nSPS) is 10.6. The van der Waals surface area contributed by atoms with Crippen LogP contribution < -0.4 is 0 Å². The molecule has 3 heteroatoms. The van der Waals surface area contributed by atoms with Crippen LogP contribution in [0.25, 0.3) is 11.1 Å². The first-order valence-corrected chi connectivity index (χ1v) is 6.87. The third-order valence-corrected chi connectivity index (χ3v) is 3.54. The number of ketones is 1. The highest BCUT2D eigenvalue weighted by Crippen LogP contribution is 2.24. The van der Waals surface area contributed by atoms with Crippen LogP contribution in [0.2, 0.25) is 0 Å². The SMILES string of the molecule is Cc1ccc(C(=O)c2[nH]ncc2-c2ccc(C)cc2)cc1. The zero-order valence-electron chi connectivity index (χ0n) is 12.1. The van der Waals surface area contributed by atoms with E-state index >= 15 is 0 Å². The average Bonchev–Trinajstić information content (AvgIpc) is 2.97. The summed E-state index contributed by atoms with van der Waals surface area (Å²) >= 11 is 0. The lowest BCUT2D eigenvalue weighted by molar-refractivity contribution is 0.103. The Morgan fingerprint density at radius 1 is 0.905 bits per heavy atom. The molecular weight excluding hydrogens is 260 g/mol. The Hall–Kier alpha value is -2.68. The number of aryl methyl sites for hydroxylation is 2. The van der Waals surface area contributed by atoms with Gasteiger partial charge in [0.05, 0.1) is 6.20 Å². The molecule has 0 aliphatic rings. The summed E-state index contributed by atoms with van der Waals surface area (Å²) in [6, 6.07) is 15.6. The van der Waals surface area contributed by atoms with E-state index in [1.807, 2.05) is 62.4 Å². The van der Waals surface area contributed by atoms with Crippen molar-refractivity contribution in [2.45, 2.75) is 13.8 Å². The molecule has 1 aromatic heterocycles. The van der Waals surface area contributed by atoms with Crippen molar-refractivity contribution in [1.29, 1.82) is 0 Å². The monoisotopic (exact) mass is 276 g/mol. The van der Waals surface area contributed by atoms with E-state index in [1.54, 1.807) is 6.20 Å². The third-order valence-electron chi connectivity index (χ3n) is 3.54. The lowest BCUT2D eigenvalue weighted by Gasteiger charge is -2.04. The maximum atomic E-state index is 12.6. The Kier molecular flexibility index (Phi) is 3.40. The maximum Gasteiger partial charge on any atom is 0.211 e. The van der Waals surface area contributed by atoms with Gasteiger partial charge in [0.2, 0.25) is 5.78 Å². The molecule has 0 atom stereocenters. The summed E-state index contributed by atoms with van der Waals surface area (Å²) in [6.07, 6.45) is 1.70. The van der Waals surface area contributed by atoms with Gasteiger partial charge < -0.3 is 0 Å². The number of rotatable bonds is 3. The van der Waals surface area contributed by atoms with Crippen molar-refractivity contribution < 1.29 is 4.79 Å². The number of hydrogen-bond acceptors (Lipinski definition) is 2. The summed E-state index contributed by atoms with van der Waals surface area (Å²) in [5.74, 6) is -0.0388. The molecule has 0 radical (unpaired) electrons. The van der Waals surface area contributed by atoms with Crippen molar-refractivity contribution >= 4 is 5.78 Å². The van der Waals surface area contributed by atoms with Gasteiger partial charge in [-0.3, -0.25) is 9.89 Å². The Labute approximate surface area is 123 Å². The first kappa shape index (κ1) is 13.3. The molecule has 0 unspecified atom stereocenters. The lowest BCUT2D eigenvalue weighted by atomic mass is 9.99. The predicted molar refractivity (Wildman–Crippen MR) is 83.4 cm³/mol. The number of nitrogens with zero attached hydrogens (tertiary/aromatic N) is 1. The van der Waals surface area contributed by atoms with Gasteiger partial charge in [0.25, 0.3) is 0 Å². The predicted octanol–water partition coefficient (Wildman–Crippen LogP) is 3.92. The Bertz CT molecular complexity index is 768. The molecule has 1 N–H and O–H groups in total. The Morgan fingerprint density at radius 3 is 2.10 bits per heavy atom. The fourth-order valence-electron chi connectivity index (χ4n) is 2.26. The minimum atomic E-state index is -0.0388. The molecule has 3 aromatic rings. The molecule has 0 saturated heterocycles. The van der Waals surface area contributed by atoms with Crippen LogP contribution in [0.1, 0.15) is 27.2 Å². The van der Waals surface area contributed by atoms with Crippen LogP contribution >= 0.6 is 0 Å². The van der Waals surface area contributed by atoms with E-state index in [0.29, 0.717) is 11.3 Å². The quantitative estimate of drug-likeness (QED) is 0.737.